The van der Waals surface area contributed by atoms with Crippen LogP contribution in [0.3, 0.4) is 0 Å². The van der Waals surface area contributed by atoms with E-state index in [1.54, 1.807) is 0 Å². The van der Waals surface area contributed by atoms with Crippen LogP contribution in [0.5, 0.6) is 0 Å². The van der Waals surface area contributed by atoms with Crippen LogP contribution < -0.4 is 34.7 Å². The van der Waals surface area contributed by atoms with E-state index < -0.39 is 10.1 Å². The molecule has 5 nitrogen and oxygen atoms in total. The summed E-state index contributed by atoms with van der Waals surface area (Å²) < 4.78 is 29.6. The van der Waals surface area contributed by atoms with Crippen molar-refractivity contribution in [1.29, 1.82) is 0 Å². The standard InChI is InChI=1S/C18H37NO4S.Na/c1-2-3-4-5-6-7-8-9-10-11-12-15-18(20)19-16-13-14-17-24(21,22)23;/h2-17H2,1H3,(H,19,20)(H,21,22,23);/q;+1/p-1. The summed E-state index contributed by atoms with van der Waals surface area (Å²) in [5.74, 6) is -0.340. The molecule has 0 aromatic carbocycles. The van der Waals surface area contributed by atoms with E-state index in [2.05, 4.69) is 11.9 Å². The Bertz CT molecular complexity index is 413. The second-order valence-corrected chi connectivity index (χ2v) is 8.13. The Labute approximate surface area is 177 Å². The number of rotatable bonds is 17. The van der Waals surface area contributed by atoms with Gasteiger partial charge in [-0.05, 0) is 31.6 Å². The van der Waals surface area contributed by atoms with Gasteiger partial charge in [0.1, 0.15) is 0 Å². The molecule has 144 valence electrons. The van der Waals surface area contributed by atoms with E-state index in [1.807, 2.05) is 0 Å². The smallest absolute Gasteiger partial charge is 0.862 e. The van der Waals surface area contributed by atoms with Crippen molar-refractivity contribution in [2.75, 3.05) is 12.3 Å². The SMILES string of the molecule is CCCCCCCCCCCCCC([O-])=NCCCCS(=O)(=O)O.[Na+]. The maximum absolute atomic E-state index is 11.5. The molecule has 7 heteroatoms. The van der Waals surface area contributed by atoms with Crippen LogP contribution in [-0.4, -0.2) is 31.2 Å². The molecule has 0 heterocycles. The van der Waals surface area contributed by atoms with E-state index in [1.165, 1.54) is 57.8 Å². The molecule has 0 fully saturated rings. The maximum Gasteiger partial charge on any atom is 1.00 e. The molecule has 0 saturated heterocycles. The molecular formula is C18H36NNaO4S. The third-order valence-corrected chi connectivity index (χ3v) is 4.90. The van der Waals surface area contributed by atoms with Gasteiger partial charge in [-0.1, -0.05) is 71.1 Å². The molecule has 0 radical (unpaired) electrons. The predicted molar refractivity (Wildman–Crippen MR) is 99.0 cm³/mol. The van der Waals surface area contributed by atoms with Crippen LogP contribution in [0.1, 0.15) is 96.8 Å². The van der Waals surface area contributed by atoms with Crippen molar-refractivity contribution in [1.82, 2.24) is 0 Å². The fraction of sp³-hybridized carbons (Fsp3) is 0.944. The van der Waals surface area contributed by atoms with E-state index in [4.69, 9.17) is 4.55 Å². The van der Waals surface area contributed by atoms with Crippen LogP contribution in [0, 0.1) is 0 Å². The Morgan fingerprint density at radius 1 is 0.840 bits per heavy atom. The van der Waals surface area contributed by atoms with Crippen LogP contribution in [0.2, 0.25) is 0 Å². The van der Waals surface area contributed by atoms with Gasteiger partial charge in [0, 0.05) is 6.54 Å². The summed E-state index contributed by atoms with van der Waals surface area (Å²) in [5.41, 5.74) is 0. The van der Waals surface area contributed by atoms with Crippen LogP contribution in [-0.2, 0) is 10.1 Å². The van der Waals surface area contributed by atoms with Gasteiger partial charge >= 0.3 is 29.6 Å². The number of hydrogen-bond donors (Lipinski definition) is 1. The maximum atomic E-state index is 11.5. The molecule has 0 atom stereocenters. The number of nitrogens with zero attached hydrogens (tertiary/aromatic N) is 1. The number of aliphatic imine (C=N–C) groups is 1. The van der Waals surface area contributed by atoms with Crippen LogP contribution in [0.4, 0.5) is 0 Å². The fourth-order valence-electron chi connectivity index (χ4n) is 2.62. The van der Waals surface area contributed by atoms with Crippen molar-refractivity contribution in [3.8, 4) is 0 Å². The largest absolute Gasteiger partial charge is 1.00 e. The third kappa shape index (κ3) is 24.4. The molecule has 0 unspecified atom stereocenters. The van der Waals surface area contributed by atoms with Crippen LogP contribution >= 0.6 is 0 Å². The van der Waals surface area contributed by atoms with Gasteiger partial charge in [0.25, 0.3) is 10.1 Å². The van der Waals surface area contributed by atoms with Crippen molar-refractivity contribution in [3.63, 3.8) is 0 Å². The van der Waals surface area contributed by atoms with Gasteiger partial charge in [-0.15, -0.1) is 0 Å². The summed E-state index contributed by atoms with van der Waals surface area (Å²) in [6.45, 7) is 2.59. The Kier molecular flexibility index (Phi) is 21.1. The molecule has 0 saturated carbocycles. The summed E-state index contributed by atoms with van der Waals surface area (Å²) in [7, 11) is -3.88. The third-order valence-electron chi connectivity index (χ3n) is 4.09. The first kappa shape index (κ1) is 27.6. The molecule has 0 aliphatic rings. The van der Waals surface area contributed by atoms with Gasteiger partial charge in [-0.25, -0.2) is 0 Å². The van der Waals surface area contributed by atoms with E-state index in [0.29, 0.717) is 25.8 Å². The number of unbranched alkanes of at least 4 members (excludes halogenated alkanes) is 11. The molecule has 0 aromatic heterocycles. The first-order chi connectivity index (χ1) is 11.5. The van der Waals surface area contributed by atoms with Gasteiger partial charge in [0.15, 0.2) is 0 Å². The Morgan fingerprint density at radius 3 is 1.80 bits per heavy atom. The number of hydrogen-bond acceptors (Lipinski definition) is 4. The molecule has 25 heavy (non-hydrogen) atoms. The second kappa shape index (κ2) is 19.2. The molecule has 0 aliphatic carbocycles. The molecule has 0 spiro atoms. The van der Waals surface area contributed by atoms with E-state index in [0.717, 1.165) is 12.8 Å². The summed E-state index contributed by atoms with van der Waals surface area (Å²) >= 11 is 0. The average molecular weight is 386 g/mol. The van der Waals surface area contributed by atoms with E-state index in [9.17, 15) is 13.5 Å². The Balaban J connectivity index is 0. The zero-order chi connectivity index (χ0) is 18.1. The molecule has 0 aliphatic heterocycles. The summed E-state index contributed by atoms with van der Waals surface area (Å²) in [6.07, 6.45) is 15.2. The molecule has 0 rings (SSSR count). The Hall–Kier alpha value is 0.380. The first-order valence-electron chi connectivity index (χ1n) is 9.61. The molecule has 1 N–H and O–H groups in total. The topological polar surface area (TPSA) is 89.8 Å². The summed E-state index contributed by atoms with van der Waals surface area (Å²) in [5, 5.41) is 11.5. The van der Waals surface area contributed by atoms with Crippen molar-refractivity contribution in [2.45, 2.75) is 96.8 Å². The monoisotopic (exact) mass is 385 g/mol. The summed E-state index contributed by atoms with van der Waals surface area (Å²) in [4.78, 5) is 3.91. The van der Waals surface area contributed by atoms with Crippen molar-refractivity contribution >= 4 is 16.0 Å². The van der Waals surface area contributed by atoms with Gasteiger partial charge in [-0.3, -0.25) is 4.55 Å². The van der Waals surface area contributed by atoms with Crippen LogP contribution in [0.15, 0.2) is 4.99 Å². The zero-order valence-electron chi connectivity index (χ0n) is 16.3. The minimum absolute atomic E-state index is 0. The summed E-state index contributed by atoms with van der Waals surface area (Å²) in [6, 6.07) is 0. The fourth-order valence-corrected chi connectivity index (χ4v) is 3.19. The molecule has 0 bridgehead atoms. The van der Waals surface area contributed by atoms with E-state index in [-0.39, 0.29) is 41.2 Å². The minimum atomic E-state index is -3.88. The van der Waals surface area contributed by atoms with Crippen molar-refractivity contribution in [2.24, 2.45) is 4.99 Å². The average Bonchev–Trinajstić information content (AvgIpc) is 2.51. The second-order valence-electron chi connectivity index (χ2n) is 6.55. The van der Waals surface area contributed by atoms with Crippen molar-refractivity contribution < 1.29 is 47.6 Å². The zero-order valence-corrected chi connectivity index (χ0v) is 19.2. The molecule has 0 aromatic rings. The van der Waals surface area contributed by atoms with E-state index >= 15 is 0 Å². The predicted octanol–water partition coefficient (Wildman–Crippen LogP) is 1.12. The first-order valence-corrected chi connectivity index (χ1v) is 11.2. The normalized spacial score (nSPS) is 12.2. The molecular weight excluding hydrogens is 349 g/mol. The quantitative estimate of drug-likeness (QED) is 0.134. The van der Waals surface area contributed by atoms with Gasteiger partial charge in [0.05, 0.1) is 5.75 Å². The van der Waals surface area contributed by atoms with Gasteiger partial charge in [-0.2, -0.15) is 8.42 Å². The Morgan fingerprint density at radius 2 is 1.32 bits per heavy atom. The molecule has 0 amide bonds. The minimum Gasteiger partial charge on any atom is -0.862 e. The van der Waals surface area contributed by atoms with Gasteiger partial charge in [0.2, 0.25) is 0 Å². The van der Waals surface area contributed by atoms with Crippen molar-refractivity contribution in [3.05, 3.63) is 0 Å². The van der Waals surface area contributed by atoms with Gasteiger partial charge < -0.3 is 10.1 Å². The van der Waals surface area contributed by atoms with Crippen LogP contribution in [0.25, 0.3) is 0 Å².